The number of fused-ring (bicyclic) bond motifs is 1. The predicted molar refractivity (Wildman–Crippen MR) is 101 cm³/mol. The van der Waals surface area contributed by atoms with Crippen molar-refractivity contribution < 1.29 is 8.78 Å². The normalized spacial score (nSPS) is 25.3. The van der Waals surface area contributed by atoms with E-state index in [-0.39, 0.29) is 17.2 Å². The highest BCUT2D eigenvalue weighted by atomic mass is 19.1. The van der Waals surface area contributed by atoms with Crippen LogP contribution in [0.3, 0.4) is 0 Å². The molecule has 0 bridgehead atoms. The van der Waals surface area contributed by atoms with E-state index >= 15 is 0 Å². The molecule has 0 aliphatic carbocycles. The van der Waals surface area contributed by atoms with Crippen molar-refractivity contribution in [3.8, 4) is 0 Å². The minimum absolute atomic E-state index is 0.0228. The highest BCUT2D eigenvalue weighted by Crippen LogP contribution is 2.44. The summed E-state index contributed by atoms with van der Waals surface area (Å²) in [5, 5.41) is 0. The molecule has 0 saturated carbocycles. The van der Waals surface area contributed by atoms with E-state index in [4.69, 9.17) is 0 Å². The van der Waals surface area contributed by atoms with Gasteiger partial charge >= 0.3 is 0 Å². The quantitative estimate of drug-likeness (QED) is 0.776. The average molecular weight is 356 g/mol. The molecule has 0 aromatic heterocycles. The van der Waals surface area contributed by atoms with E-state index in [1.807, 2.05) is 18.2 Å². The fraction of sp³-hybridized carbons (Fsp3) is 0.455. The summed E-state index contributed by atoms with van der Waals surface area (Å²) in [7, 11) is 0. The van der Waals surface area contributed by atoms with Crippen LogP contribution in [0.5, 0.6) is 0 Å². The Hall–Kier alpha value is -1.94. The highest BCUT2D eigenvalue weighted by Gasteiger charge is 2.48. The largest absolute Gasteiger partial charge is 0.363 e. The van der Waals surface area contributed by atoms with Gasteiger partial charge in [-0.15, -0.1) is 0 Å². The summed E-state index contributed by atoms with van der Waals surface area (Å²) >= 11 is 0. The van der Waals surface area contributed by atoms with Gasteiger partial charge in [-0.05, 0) is 68.5 Å². The Morgan fingerprint density at radius 1 is 1.04 bits per heavy atom. The first-order chi connectivity index (χ1) is 12.4. The van der Waals surface area contributed by atoms with E-state index in [0.29, 0.717) is 12.0 Å². The molecule has 2 atom stereocenters. The summed E-state index contributed by atoms with van der Waals surface area (Å²) < 4.78 is 26.9. The van der Waals surface area contributed by atoms with Gasteiger partial charge in [0.15, 0.2) is 0 Å². The number of rotatable bonds is 3. The number of anilines is 1. The molecule has 0 spiro atoms. The smallest absolute Gasteiger partial charge is 0.125 e. The minimum Gasteiger partial charge on any atom is -0.363 e. The van der Waals surface area contributed by atoms with Crippen molar-refractivity contribution in [1.29, 1.82) is 0 Å². The monoisotopic (exact) mass is 356 g/mol. The zero-order valence-corrected chi connectivity index (χ0v) is 15.5. The second-order valence-corrected chi connectivity index (χ2v) is 8.34. The minimum atomic E-state index is -0.185. The molecule has 4 rings (SSSR count). The van der Waals surface area contributed by atoms with Gasteiger partial charge < -0.3 is 4.90 Å². The second-order valence-electron chi connectivity index (χ2n) is 8.34. The molecular weight excluding hydrogens is 330 g/mol. The van der Waals surface area contributed by atoms with Gasteiger partial charge in [0, 0.05) is 36.9 Å². The Labute approximate surface area is 154 Å². The summed E-state index contributed by atoms with van der Waals surface area (Å²) in [6.07, 6.45) is 2.18. The molecule has 0 unspecified atom stereocenters. The van der Waals surface area contributed by atoms with Gasteiger partial charge in [0.2, 0.25) is 0 Å². The Kier molecular flexibility index (Phi) is 4.47. The lowest BCUT2D eigenvalue weighted by atomic mass is 9.89. The first kappa shape index (κ1) is 17.5. The number of piperidine rings is 1. The van der Waals surface area contributed by atoms with E-state index < -0.39 is 0 Å². The molecule has 2 aliphatic heterocycles. The molecule has 26 heavy (non-hydrogen) atoms. The van der Waals surface area contributed by atoms with E-state index in [1.165, 1.54) is 18.2 Å². The number of likely N-dealkylation sites (tertiary alicyclic amines) is 1. The van der Waals surface area contributed by atoms with Gasteiger partial charge in [-0.3, -0.25) is 4.90 Å². The molecule has 2 nitrogen and oxygen atoms in total. The number of hydrogen-bond donors (Lipinski definition) is 0. The maximum atomic E-state index is 13.8. The standard InChI is InChI=1S/C22H26F2N2/c1-22(2)13-17-15-25(14-16-6-8-18(23)9-7-16)11-10-21(17)26(22)20-5-3-4-19(24)12-20/h3-9,12,17,21H,10-11,13-15H2,1-2H3/t17-,21+/m1/s1. The molecule has 0 radical (unpaired) electrons. The molecule has 2 fully saturated rings. The average Bonchev–Trinajstić information content (AvgIpc) is 2.86. The lowest BCUT2D eigenvalue weighted by Gasteiger charge is -2.42. The molecule has 2 heterocycles. The second kappa shape index (κ2) is 6.66. The van der Waals surface area contributed by atoms with E-state index in [0.717, 1.165) is 43.7 Å². The fourth-order valence-corrected chi connectivity index (χ4v) is 4.98. The maximum absolute atomic E-state index is 13.8. The van der Waals surface area contributed by atoms with E-state index in [9.17, 15) is 8.78 Å². The van der Waals surface area contributed by atoms with Crippen LogP contribution in [-0.2, 0) is 6.54 Å². The maximum Gasteiger partial charge on any atom is 0.125 e. The van der Waals surface area contributed by atoms with Crippen LogP contribution in [0, 0.1) is 17.6 Å². The first-order valence-electron chi connectivity index (χ1n) is 9.44. The molecule has 138 valence electrons. The molecule has 2 aromatic carbocycles. The van der Waals surface area contributed by atoms with E-state index in [1.54, 1.807) is 12.1 Å². The van der Waals surface area contributed by atoms with Crippen molar-refractivity contribution in [3.63, 3.8) is 0 Å². The third kappa shape index (κ3) is 3.35. The Bertz CT molecular complexity index is 772. The Morgan fingerprint density at radius 2 is 1.81 bits per heavy atom. The van der Waals surface area contributed by atoms with Gasteiger partial charge in [0.1, 0.15) is 11.6 Å². The molecule has 2 aromatic rings. The van der Waals surface area contributed by atoms with Crippen LogP contribution in [0.1, 0.15) is 32.3 Å². The van der Waals surface area contributed by atoms with Crippen LogP contribution < -0.4 is 4.90 Å². The fourth-order valence-electron chi connectivity index (χ4n) is 4.98. The molecule has 2 aliphatic rings. The topological polar surface area (TPSA) is 6.48 Å². The van der Waals surface area contributed by atoms with Gasteiger partial charge in [0.05, 0.1) is 0 Å². The molecule has 0 N–H and O–H groups in total. The summed E-state index contributed by atoms with van der Waals surface area (Å²) in [5.74, 6) is 0.216. The first-order valence-corrected chi connectivity index (χ1v) is 9.44. The predicted octanol–water partition coefficient (Wildman–Crippen LogP) is 4.84. The van der Waals surface area contributed by atoms with Crippen LogP contribution in [0.15, 0.2) is 48.5 Å². The molecule has 4 heteroatoms. The van der Waals surface area contributed by atoms with Crippen LogP contribution in [0.2, 0.25) is 0 Å². The van der Waals surface area contributed by atoms with Crippen molar-refractivity contribution in [3.05, 3.63) is 65.7 Å². The van der Waals surface area contributed by atoms with Crippen LogP contribution in [0.4, 0.5) is 14.5 Å². The number of halogens is 2. The highest BCUT2D eigenvalue weighted by molar-refractivity contribution is 5.52. The van der Waals surface area contributed by atoms with Gasteiger partial charge in [-0.2, -0.15) is 0 Å². The van der Waals surface area contributed by atoms with Crippen molar-refractivity contribution in [2.24, 2.45) is 5.92 Å². The van der Waals surface area contributed by atoms with Gasteiger partial charge in [-0.1, -0.05) is 18.2 Å². The SMILES string of the molecule is CC1(C)C[C@@H]2CN(Cc3ccc(F)cc3)CC[C@@H]2N1c1cccc(F)c1. The lowest BCUT2D eigenvalue weighted by molar-refractivity contribution is 0.161. The summed E-state index contributed by atoms with van der Waals surface area (Å²) in [5.41, 5.74) is 2.17. The zero-order chi connectivity index (χ0) is 18.3. The van der Waals surface area contributed by atoms with Crippen LogP contribution >= 0.6 is 0 Å². The molecule has 0 amide bonds. The molecular formula is C22H26F2N2. The van der Waals surface area contributed by atoms with Crippen molar-refractivity contribution in [1.82, 2.24) is 4.90 Å². The Balaban J connectivity index is 1.50. The summed E-state index contributed by atoms with van der Waals surface area (Å²) in [6.45, 7) is 7.45. The van der Waals surface area contributed by atoms with Gasteiger partial charge in [0.25, 0.3) is 0 Å². The third-order valence-electron chi connectivity index (χ3n) is 5.93. The van der Waals surface area contributed by atoms with Crippen LogP contribution in [-0.4, -0.2) is 29.6 Å². The summed E-state index contributed by atoms with van der Waals surface area (Å²) in [4.78, 5) is 4.91. The molecule has 2 saturated heterocycles. The van der Waals surface area contributed by atoms with E-state index in [2.05, 4.69) is 23.6 Å². The zero-order valence-electron chi connectivity index (χ0n) is 15.5. The number of benzene rings is 2. The lowest BCUT2D eigenvalue weighted by Crippen LogP contribution is -2.48. The van der Waals surface area contributed by atoms with Gasteiger partial charge in [-0.25, -0.2) is 8.78 Å². The Morgan fingerprint density at radius 3 is 2.54 bits per heavy atom. The number of nitrogens with zero attached hydrogens (tertiary/aromatic N) is 2. The van der Waals surface area contributed by atoms with Crippen molar-refractivity contribution in [2.75, 3.05) is 18.0 Å². The van der Waals surface area contributed by atoms with Crippen molar-refractivity contribution >= 4 is 5.69 Å². The third-order valence-corrected chi connectivity index (χ3v) is 5.93. The summed E-state index contributed by atoms with van der Waals surface area (Å²) in [6, 6.07) is 14.3. The van der Waals surface area contributed by atoms with Crippen LogP contribution in [0.25, 0.3) is 0 Å². The van der Waals surface area contributed by atoms with Crippen molar-refractivity contribution in [2.45, 2.75) is 44.8 Å². The number of hydrogen-bond acceptors (Lipinski definition) is 2.